The third kappa shape index (κ3) is 5.25. The molecule has 1 amide bonds. The highest BCUT2D eigenvalue weighted by molar-refractivity contribution is 6.31. The van der Waals surface area contributed by atoms with E-state index < -0.39 is 6.43 Å². The molecule has 36 heavy (non-hydrogen) atoms. The van der Waals surface area contributed by atoms with E-state index in [1.165, 1.54) is 0 Å². The topological polar surface area (TPSA) is 70.1 Å². The molecule has 2 N–H and O–H groups in total. The Bertz CT molecular complexity index is 1330. The number of piperidine rings is 1. The zero-order valence-corrected chi connectivity index (χ0v) is 21.2. The number of amides is 1. The molecule has 1 atom stereocenters. The van der Waals surface area contributed by atoms with Gasteiger partial charge in [-0.3, -0.25) is 14.5 Å². The van der Waals surface area contributed by atoms with Crippen molar-refractivity contribution in [1.29, 1.82) is 0 Å². The van der Waals surface area contributed by atoms with E-state index in [0.29, 0.717) is 34.9 Å². The van der Waals surface area contributed by atoms with E-state index in [1.807, 2.05) is 37.3 Å². The van der Waals surface area contributed by atoms with Crippen molar-refractivity contribution in [1.82, 2.24) is 19.8 Å². The van der Waals surface area contributed by atoms with Crippen molar-refractivity contribution in [2.75, 3.05) is 19.6 Å². The summed E-state index contributed by atoms with van der Waals surface area (Å²) in [6.45, 7) is 8.74. The van der Waals surface area contributed by atoms with Gasteiger partial charge in [0.15, 0.2) is 0 Å². The molecule has 0 bridgehead atoms. The normalized spacial score (nSPS) is 15.9. The van der Waals surface area contributed by atoms with E-state index in [-0.39, 0.29) is 36.5 Å². The zero-order chi connectivity index (χ0) is 26.0. The van der Waals surface area contributed by atoms with Crippen LogP contribution in [0.5, 0.6) is 0 Å². The maximum atomic E-state index is 13.4. The highest BCUT2D eigenvalue weighted by Crippen LogP contribution is 2.36. The van der Waals surface area contributed by atoms with Crippen LogP contribution in [0.1, 0.15) is 46.2 Å². The van der Waals surface area contributed by atoms with Gasteiger partial charge in [0.2, 0.25) is 0 Å². The van der Waals surface area contributed by atoms with Crippen LogP contribution >= 0.6 is 11.6 Å². The van der Waals surface area contributed by atoms with Crippen LogP contribution in [0.2, 0.25) is 5.02 Å². The maximum absolute atomic E-state index is 13.4. The molecule has 1 saturated heterocycles. The van der Waals surface area contributed by atoms with Crippen molar-refractivity contribution in [3.05, 3.63) is 80.9 Å². The van der Waals surface area contributed by atoms with E-state index in [1.54, 1.807) is 17.9 Å². The summed E-state index contributed by atoms with van der Waals surface area (Å²) in [5, 5.41) is 3.97. The molecular formula is C27H31ClF2N4O2. The number of pyridine rings is 1. The van der Waals surface area contributed by atoms with E-state index in [4.69, 9.17) is 11.6 Å². The van der Waals surface area contributed by atoms with Gasteiger partial charge < -0.3 is 14.9 Å². The Balaban J connectivity index is 1.62. The Hall–Kier alpha value is -2.97. The van der Waals surface area contributed by atoms with Crippen molar-refractivity contribution < 1.29 is 13.6 Å². The molecule has 1 aromatic carbocycles. The van der Waals surface area contributed by atoms with E-state index >= 15 is 0 Å². The molecule has 0 aliphatic carbocycles. The lowest BCUT2D eigenvalue weighted by Gasteiger charge is -2.36. The lowest BCUT2D eigenvalue weighted by atomic mass is 9.89. The second-order valence-corrected chi connectivity index (χ2v) is 9.80. The third-order valence-corrected chi connectivity index (χ3v) is 7.41. The summed E-state index contributed by atoms with van der Waals surface area (Å²) in [5.41, 5.74) is 2.85. The summed E-state index contributed by atoms with van der Waals surface area (Å²) in [4.78, 5) is 30.2. The standard InChI is InChI=1S/C27H31ClF2N4O2/c1-4-22(18-9-11-33(12-10-18)15-24(29)30)34-17(3)25(19-7-5-6-8-23(19)34)27(36)31-14-20-21(28)13-16(2)32-26(20)35/h4-8,13,18,22,24H,1,9-12,14-15H2,2-3H3,(H,31,36)(H,32,35)/t22-/m1/s1. The molecule has 3 aromatic rings. The minimum Gasteiger partial charge on any atom is -0.348 e. The summed E-state index contributed by atoms with van der Waals surface area (Å²) >= 11 is 6.25. The number of allylic oxidation sites excluding steroid dienone is 1. The molecular weight excluding hydrogens is 486 g/mol. The number of carbonyl (C=O) groups excluding carboxylic acids is 1. The van der Waals surface area contributed by atoms with Crippen molar-refractivity contribution in [2.24, 2.45) is 5.92 Å². The van der Waals surface area contributed by atoms with Gasteiger partial charge in [0.1, 0.15) is 0 Å². The average Bonchev–Trinajstić information content (AvgIpc) is 3.11. The summed E-state index contributed by atoms with van der Waals surface area (Å²) in [6, 6.07) is 9.27. The van der Waals surface area contributed by atoms with Gasteiger partial charge in [-0.25, -0.2) is 8.78 Å². The van der Waals surface area contributed by atoms with E-state index in [9.17, 15) is 18.4 Å². The van der Waals surface area contributed by atoms with Crippen LogP contribution in [-0.2, 0) is 6.54 Å². The molecule has 3 heterocycles. The number of halogens is 3. The van der Waals surface area contributed by atoms with Crippen LogP contribution in [0.4, 0.5) is 8.78 Å². The number of alkyl halides is 2. The van der Waals surface area contributed by atoms with Crippen LogP contribution in [0.3, 0.4) is 0 Å². The van der Waals surface area contributed by atoms with Crippen molar-refractivity contribution in [3.63, 3.8) is 0 Å². The minimum absolute atomic E-state index is 0.000287. The zero-order valence-electron chi connectivity index (χ0n) is 20.5. The predicted molar refractivity (Wildman–Crippen MR) is 139 cm³/mol. The number of benzene rings is 1. The molecule has 1 aliphatic heterocycles. The fraction of sp³-hybridized carbons (Fsp3) is 0.407. The molecule has 192 valence electrons. The molecule has 1 aliphatic rings. The molecule has 0 saturated carbocycles. The highest BCUT2D eigenvalue weighted by Gasteiger charge is 2.30. The first-order chi connectivity index (χ1) is 17.2. The molecule has 2 aromatic heterocycles. The van der Waals surface area contributed by atoms with Gasteiger partial charge in [-0.2, -0.15) is 0 Å². The quantitative estimate of drug-likeness (QED) is 0.403. The number of aromatic amines is 1. The van der Waals surface area contributed by atoms with Gasteiger partial charge in [-0.05, 0) is 57.8 Å². The molecule has 0 spiro atoms. The average molecular weight is 517 g/mol. The number of para-hydroxylation sites is 1. The summed E-state index contributed by atoms with van der Waals surface area (Å²) in [6.07, 6.45) is 1.09. The largest absolute Gasteiger partial charge is 0.348 e. The van der Waals surface area contributed by atoms with Gasteiger partial charge in [-0.15, -0.1) is 6.58 Å². The van der Waals surface area contributed by atoms with Gasteiger partial charge in [-0.1, -0.05) is 35.9 Å². The second kappa shape index (κ2) is 11.0. The molecule has 9 heteroatoms. The fourth-order valence-electron chi connectivity index (χ4n) is 5.34. The van der Waals surface area contributed by atoms with Gasteiger partial charge >= 0.3 is 0 Å². The number of hydrogen-bond acceptors (Lipinski definition) is 3. The number of H-pyrrole nitrogens is 1. The Kier molecular flexibility index (Phi) is 7.95. The molecule has 4 rings (SSSR count). The van der Waals surface area contributed by atoms with Gasteiger partial charge in [0.05, 0.1) is 35.3 Å². The SMILES string of the molecule is C=C[C@H](C1CCN(CC(F)F)CC1)n1c(C)c(C(=O)NCc2c(Cl)cc(C)[nH]c2=O)c2ccccc21. The molecule has 1 fully saturated rings. The number of aryl methyl sites for hydroxylation is 1. The van der Waals surface area contributed by atoms with Crippen LogP contribution < -0.4 is 10.9 Å². The first kappa shape index (κ1) is 26.1. The highest BCUT2D eigenvalue weighted by atomic mass is 35.5. The first-order valence-electron chi connectivity index (χ1n) is 12.1. The third-order valence-electron chi connectivity index (χ3n) is 7.08. The lowest BCUT2D eigenvalue weighted by Crippen LogP contribution is -2.39. The van der Waals surface area contributed by atoms with Crippen LogP contribution in [0, 0.1) is 19.8 Å². The monoisotopic (exact) mass is 516 g/mol. The van der Waals surface area contributed by atoms with E-state index in [2.05, 4.69) is 21.4 Å². The lowest BCUT2D eigenvalue weighted by molar-refractivity contribution is 0.0648. The Morgan fingerprint density at radius 2 is 1.97 bits per heavy atom. The number of likely N-dealkylation sites (tertiary alicyclic amines) is 1. The minimum atomic E-state index is -2.33. The number of rotatable bonds is 8. The number of nitrogens with one attached hydrogen (secondary N) is 2. The summed E-state index contributed by atoms with van der Waals surface area (Å²) in [5.74, 6) is -0.0835. The van der Waals surface area contributed by atoms with Crippen LogP contribution in [0.15, 0.2) is 47.8 Å². The summed E-state index contributed by atoms with van der Waals surface area (Å²) in [7, 11) is 0. The molecule has 6 nitrogen and oxygen atoms in total. The number of fused-ring (bicyclic) bond motifs is 1. The molecule has 0 radical (unpaired) electrons. The van der Waals surface area contributed by atoms with Crippen LogP contribution in [-0.4, -0.2) is 46.4 Å². The first-order valence-corrected chi connectivity index (χ1v) is 12.5. The predicted octanol–water partition coefficient (Wildman–Crippen LogP) is 5.23. The van der Waals surface area contributed by atoms with Gasteiger partial charge in [0.25, 0.3) is 17.9 Å². The number of carbonyl (C=O) groups is 1. The number of nitrogens with zero attached hydrogens (tertiary/aromatic N) is 2. The maximum Gasteiger partial charge on any atom is 0.254 e. The van der Waals surface area contributed by atoms with Crippen molar-refractivity contribution >= 4 is 28.4 Å². The van der Waals surface area contributed by atoms with Crippen molar-refractivity contribution in [3.8, 4) is 0 Å². The Morgan fingerprint density at radius 1 is 1.28 bits per heavy atom. The Labute approximate surface area is 213 Å². The number of hydrogen-bond donors (Lipinski definition) is 2. The smallest absolute Gasteiger partial charge is 0.254 e. The molecule has 0 unspecified atom stereocenters. The summed E-state index contributed by atoms with van der Waals surface area (Å²) < 4.78 is 27.8. The fourth-order valence-corrected chi connectivity index (χ4v) is 5.66. The van der Waals surface area contributed by atoms with E-state index in [0.717, 1.165) is 29.4 Å². The second-order valence-electron chi connectivity index (χ2n) is 9.39. The number of aromatic nitrogens is 2. The van der Waals surface area contributed by atoms with Crippen molar-refractivity contribution in [2.45, 2.75) is 45.7 Å². The van der Waals surface area contributed by atoms with Crippen LogP contribution in [0.25, 0.3) is 10.9 Å². The van der Waals surface area contributed by atoms with Gasteiger partial charge in [0, 0.05) is 22.3 Å². The Morgan fingerprint density at radius 3 is 2.61 bits per heavy atom.